The summed E-state index contributed by atoms with van der Waals surface area (Å²) in [6.07, 6.45) is 1.58. The van der Waals surface area contributed by atoms with Crippen molar-refractivity contribution in [2.75, 3.05) is 27.3 Å². The van der Waals surface area contributed by atoms with E-state index in [-0.39, 0.29) is 11.3 Å². The predicted molar refractivity (Wildman–Crippen MR) is 66.4 cm³/mol. The van der Waals surface area contributed by atoms with Gasteiger partial charge in [0.2, 0.25) is 0 Å². The van der Waals surface area contributed by atoms with Crippen molar-refractivity contribution in [2.45, 2.75) is 12.3 Å². The van der Waals surface area contributed by atoms with Gasteiger partial charge in [0.1, 0.15) is 0 Å². The van der Waals surface area contributed by atoms with Crippen molar-refractivity contribution in [3.8, 4) is 0 Å². The molecule has 0 saturated heterocycles. The van der Waals surface area contributed by atoms with Gasteiger partial charge in [-0.25, -0.2) is 0 Å². The highest BCUT2D eigenvalue weighted by atomic mass is 35.5. The van der Waals surface area contributed by atoms with Crippen LogP contribution in [0.4, 0.5) is 0 Å². The molecule has 0 aliphatic carbocycles. The van der Waals surface area contributed by atoms with Crippen LogP contribution in [0.3, 0.4) is 0 Å². The molecule has 0 fully saturated rings. The average Bonchev–Trinajstić information content (AvgIpc) is 2.59. The number of alkyl halides is 1. The van der Waals surface area contributed by atoms with Crippen molar-refractivity contribution < 1.29 is 9.53 Å². The van der Waals surface area contributed by atoms with Crippen LogP contribution in [0.1, 0.15) is 16.1 Å². The maximum Gasteiger partial charge on any atom is 0.257 e. The quantitative estimate of drug-likeness (QED) is 0.743. The molecule has 0 aromatic carbocycles. The summed E-state index contributed by atoms with van der Waals surface area (Å²) in [5, 5.41) is 3.84. The fourth-order valence-electron chi connectivity index (χ4n) is 1.53. The molecule has 1 rings (SSSR count). The van der Waals surface area contributed by atoms with Gasteiger partial charge in [0, 0.05) is 33.4 Å². The van der Waals surface area contributed by atoms with Crippen molar-refractivity contribution >= 4 is 17.5 Å². The number of rotatable bonds is 5. The smallest absolute Gasteiger partial charge is 0.257 e. The third-order valence-corrected chi connectivity index (χ3v) is 2.90. The lowest BCUT2D eigenvalue weighted by atomic mass is 10.2. The summed E-state index contributed by atoms with van der Waals surface area (Å²) in [6.45, 7) is 2.73. The first-order valence-corrected chi connectivity index (χ1v) is 5.78. The molecule has 0 bridgehead atoms. The van der Waals surface area contributed by atoms with E-state index in [1.807, 2.05) is 6.92 Å². The van der Waals surface area contributed by atoms with Gasteiger partial charge in [-0.3, -0.25) is 9.48 Å². The molecular weight excluding hydrogens is 242 g/mol. The molecule has 1 aromatic heterocycles. The third kappa shape index (κ3) is 3.44. The minimum absolute atomic E-state index is 0.0719. The zero-order valence-corrected chi connectivity index (χ0v) is 11.4. The van der Waals surface area contributed by atoms with Crippen LogP contribution in [0.15, 0.2) is 6.20 Å². The van der Waals surface area contributed by atoms with E-state index in [1.165, 1.54) is 0 Å². The largest absolute Gasteiger partial charge is 0.383 e. The van der Waals surface area contributed by atoms with Crippen LogP contribution >= 0.6 is 11.6 Å². The van der Waals surface area contributed by atoms with Crippen molar-refractivity contribution in [1.29, 1.82) is 0 Å². The molecule has 1 amide bonds. The van der Waals surface area contributed by atoms with E-state index in [1.54, 1.807) is 37.0 Å². The van der Waals surface area contributed by atoms with Gasteiger partial charge < -0.3 is 9.64 Å². The molecule has 0 radical (unpaired) electrons. The molecule has 1 atom stereocenters. The number of carbonyl (C=O) groups excluding carboxylic acids is 1. The summed E-state index contributed by atoms with van der Waals surface area (Å²) >= 11 is 6.01. The summed E-state index contributed by atoms with van der Waals surface area (Å²) < 4.78 is 6.61. The standard InChI is InChI=1S/C11H18ClN3O2/c1-8-10(5-13-15(8)3)11(16)14(2)6-9(12)7-17-4/h5,9H,6-7H2,1-4H3. The Morgan fingerprint density at radius 3 is 2.82 bits per heavy atom. The number of methoxy groups -OCH3 is 1. The summed E-state index contributed by atoms with van der Waals surface area (Å²) in [4.78, 5) is 13.7. The molecule has 0 N–H and O–H groups in total. The van der Waals surface area contributed by atoms with Gasteiger partial charge in [-0.15, -0.1) is 11.6 Å². The van der Waals surface area contributed by atoms with Crippen LogP contribution in [0.25, 0.3) is 0 Å². The van der Waals surface area contributed by atoms with Crippen molar-refractivity contribution in [1.82, 2.24) is 14.7 Å². The van der Waals surface area contributed by atoms with Gasteiger partial charge >= 0.3 is 0 Å². The Balaban J connectivity index is 2.67. The van der Waals surface area contributed by atoms with Crippen molar-refractivity contribution in [3.05, 3.63) is 17.5 Å². The molecule has 96 valence electrons. The molecule has 1 aromatic rings. The number of hydrogen-bond donors (Lipinski definition) is 0. The molecular formula is C11H18ClN3O2. The second kappa shape index (κ2) is 6.02. The number of ether oxygens (including phenoxy) is 1. The fourth-order valence-corrected chi connectivity index (χ4v) is 1.86. The highest BCUT2D eigenvalue weighted by Gasteiger charge is 2.19. The molecule has 0 saturated carbocycles. The maximum absolute atomic E-state index is 12.1. The van der Waals surface area contributed by atoms with Gasteiger partial charge in [0.05, 0.1) is 23.7 Å². The summed E-state index contributed by atoms with van der Waals surface area (Å²) in [6, 6.07) is 0. The summed E-state index contributed by atoms with van der Waals surface area (Å²) in [5.41, 5.74) is 1.45. The van der Waals surface area contributed by atoms with Crippen LogP contribution in [0.5, 0.6) is 0 Å². The van der Waals surface area contributed by atoms with Gasteiger partial charge in [-0.2, -0.15) is 5.10 Å². The Labute approximate surface area is 106 Å². The van der Waals surface area contributed by atoms with Crippen LogP contribution in [0.2, 0.25) is 0 Å². The number of halogens is 1. The predicted octanol–water partition coefficient (Wildman–Crippen LogP) is 1.05. The summed E-state index contributed by atoms with van der Waals surface area (Å²) in [7, 11) is 5.11. The number of aryl methyl sites for hydroxylation is 1. The van der Waals surface area contributed by atoms with E-state index >= 15 is 0 Å². The lowest BCUT2D eigenvalue weighted by molar-refractivity contribution is 0.0781. The minimum atomic E-state index is -0.203. The van der Waals surface area contributed by atoms with Crippen LogP contribution < -0.4 is 0 Å². The van der Waals surface area contributed by atoms with E-state index in [0.717, 1.165) is 5.69 Å². The van der Waals surface area contributed by atoms with E-state index in [4.69, 9.17) is 16.3 Å². The molecule has 0 aliphatic rings. The molecule has 0 aliphatic heterocycles. The zero-order chi connectivity index (χ0) is 13.0. The lowest BCUT2D eigenvalue weighted by Crippen LogP contribution is -2.34. The number of nitrogens with zero attached hydrogens (tertiary/aromatic N) is 3. The van der Waals surface area contributed by atoms with E-state index < -0.39 is 0 Å². The Bertz CT molecular complexity index is 392. The fraction of sp³-hybridized carbons (Fsp3) is 0.636. The highest BCUT2D eigenvalue weighted by Crippen LogP contribution is 2.10. The normalized spacial score (nSPS) is 12.5. The molecule has 1 unspecified atom stereocenters. The van der Waals surface area contributed by atoms with E-state index in [9.17, 15) is 4.79 Å². The van der Waals surface area contributed by atoms with Crippen molar-refractivity contribution in [3.63, 3.8) is 0 Å². The van der Waals surface area contributed by atoms with E-state index in [0.29, 0.717) is 18.7 Å². The molecule has 1 heterocycles. The Hall–Kier alpha value is -1.07. The second-order valence-electron chi connectivity index (χ2n) is 4.01. The highest BCUT2D eigenvalue weighted by molar-refractivity contribution is 6.21. The first-order chi connectivity index (χ1) is 7.97. The van der Waals surface area contributed by atoms with Gasteiger partial charge in [-0.1, -0.05) is 0 Å². The monoisotopic (exact) mass is 259 g/mol. The molecule has 5 nitrogen and oxygen atoms in total. The Morgan fingerprint density at radius 2 is 2.35 bits per heavy atom. The molecule has 6 heteroatoms. The Morgan fingerprint density at radius 1 is 1.71 bits per heavy atom. The first kappa shape index (κ1) is 14.0. The van der Waals surface area contributed by atoms with Crippen LogP contribution in [-0.2, 0) is 11.8 Å². The number of amides is 1. The average molecular weight is 260 g/mol. The van der Waals surface area contributed by atoms with Gasteiger partial charge in [-0.05, 0) is 6.92 Å². The second-order valence-corrected chi connectivity index (χ2v) is 4.62. The number of aromatic nitrogens is 2. The van der Waals surface area contributed by atoms with E-state index in [2.05, 4.69) is 5.10 Å². The number of carbonyl (C=O) groups is 1. The first-order valence-electron chi connectivity index (χ1n) is 5.34. The summed E-state index contributed by atoms with van der Waals surface area (Å²) in [5.74, 6) is -0.0719. The Kier molecular flexibility index (Phi) is 4.96. The SMILES string of the molecule is COCC(Cl)CN(C)C(=O)c1cnn(C)c1C. The lowest BCUT2D eigenvalue weighted by Gasteiger charge is -2.19. The third-order valence-electron chi connectivity index (χ3n) is 2.63. The maximum atomic E-state index is 12.1. The number of hydrogen-bond acceptors (Lipinski definition) is 3. The zero-order valence-electron chi connectivity index (χ0n) is 10.6. The molecule has 17 heavy (non-hydrogen) atoms. The van der Waals surface area contributed by atoms with Gasteiger partial charge in [0.15, 0.2) is 0 Å². The van der Waals surface area contributed by atoms with Crippen LogP contribution in [-0.4, -0.2) is 53.3 Å². The molecule has 0 spiro atoms. The minimum Gasteiger partial charge on any atom is -0.383 e. The van der Waals surface area contributed by atoms with Crippen LogP contribution in [0, 0.1) is 6.92 Å². The van der Waals surface area contributed by atoms with Gasteiger partial charge in [0.25, 0.3) is 5.91 Å². The topological polar surface area (TPSA) is 47.4 Å². The van der Waals surface area contributed by atoms with Crippen molar-refractivity contribution in [2.24, 2.45) is 7.05 Å².